The topological polar surface area (TPSA) is 124 Å². The number of aromatic nitrogens is 2. The molecule has 9 nitrogen and oxygen atoms in total. The van der Waals surface area contributed by atoms with Gasteiger partial charge in [-0.1, -0.05) is 0 Å². The lowest BCUT2D eigenvalue weighted by Gasteiger charge is -2.28. The van der Waals surface area contributed by atoms with Crippen LogP contribution in [0, 0.1) is 0 Å². The van der Waals surface area contributed by atoms with Gasteiger partial charge < -0.3 is 25.2 Å². The highest BCUT2D eigenvalue weighted by Gasteiger charge is 2.38. The van der Waals surface area contributed by atoms with Gasteiger partial charge in [0.1, 0.15) is 5.56 Å². The van der Waals surface area contributed by atoms with Gasteiger partial charge in [-0.3, -0.25) is 4.90 Å². The lowest BCUT2D eigenvalue weighted by atomic mass is 10.2. The first kappa shape index (κ1) is 27.8. The van der Waals surface area contributed by atoms with Crippen molar-refractivity contribution >= 4 is 29.0 Å². The molecule has 0 aliphatic carbocycles. The number of carboxylic acids is 2. The monoisotopic (exact) mass is 521 g/mol. The third-order valence-corrected chi connectivity index (χ3v) is 6.39. The number of imidazole rings is 1. The Morgan fingerprint density at radius 1 is 1.05 bits per heavy atom. The molecule has 2 aliphatic heterocycles. The average Bonchev–Trinajstić information content (AvgIpc) is 3.60. The molecule has 2 aromatic heterocycles. The smallest absolute Gasteiger partial charge is 0.478 e. The molecule has 0 spiro atoms. The molecule has 37 heavy (non-hydrogen) atoms. The van der Waals surface area contributed by atoms with E-state index in [4.69, 9.17) is 20.7 Å². The van der Waals surface area contributed by atoms with E-state index in [1.54, 1.807) is 29.1 Å². The first-order valence-corrected chi connectivity index (χ1v) is 11.8. The van der Waals surface area contributed by atoms with Crippen LogP contribution in [-0.4, -0.2) is 74.3 Å². The van der Waals surface area contributed by atoms with Gasteiger partial charge in [0.05, 0.1) is 0 Å². The van der Waals surface area contributed by atoms with Crippen LogP contribution in [0.4, 0.5) is 24.5 Å². The lowest BCUT2D eigenvalue weighted by molar-refractivity contribution is -0.192. The Morgan fingerprint density at radius 2 is 1.73 bits per heavy atom. The molecule has 200 valence electrons. The maximum absolute atomic E-state index is 10.7. The number of pyridine rings is 1. The van der Waals surface area contributed by atoms with Crippen LogP contribution >= 0.6 is 0 Å². The van der Waals surface area contributed by atoms with E-state index in [0.717, 1.165) is 17.8 Å². The Balaban J connectivity index is 0.000000173. The molecule has 5 rings (SSSR count). The van der Waals surface area contributed by atoms with Crippen molar-refractivity contribution < 1.29 is 33.0 Å². The molecular formula is C25H30F3N5O4. The summed E-state index contributed by atoms with van der Waals surface area (Å²) in [6.45, 7) is 6.02. The minimum absolute atomic E-state index is 0.225. The fourth-order valence-electron chi connectivity index (χ4n) is 4.55. The first-order chi connectivity index (χ1) is 17.5. The molecule has 2 unspecified atom stereocenters. The van der Waals surface area contributed by atoms with E-state index in [0.29, 0.717) is 5.65 Å². The highest BCUT2D eigenvalue weighted by Crippen LogP contribution is 2.28. The Kier molecular flexibility index (Phi) is 8.98. The van der Waals surface area contributed by atoms with Crippen molar-refractivity contribution in [3.8, 4) is 0 Å². The molecule has 3 aromatic rings. The molecule has 2 atom stereocenters. The third kappa shape index (κ3) is 7.35. The summed E-state index contributed by atoms with van der Waals surface area (Å²) >= 11 is 0. The van der Waals surface area contributed by atoms with Gasteiger partial charge in [0.2, 0.25) is 0 Å². The number of carboxylic acid groups (broad SMARTS) is 2. The summed E-state index contributed by atoms with van der Waals surface area (Å²) < 4.78 is 33.4. The Hall–Kier alpha value is -3.80. The number of anilines is 2. The van der Waals surface area contributed by atoms with Gasteiger partial charge in [0, 0.05) is 55.1 Å². The standard InChI is InChI=1S/C15H23N3.C8H6N2O2.C2HF3O2/c1-12-3-2-9-18(12)15-8-10-17(11-15)14-6-4-13(16)5-7-14;11-8(12)6-2-1-4-10-5-3-9-7(6)10;3-2(4,5)1(6)7/h4-7,12,15H,2-3,8-11,16H2,1H3;1-5H,(H,11,12);(H,6,7). The van der Waals surface area contributed by atoms with Crippen molar-refractivity contribution in [2.24, 2.45) is 0 Å². The normalized spacial score (nSPS) is 19.6. The number of carbonyl (C=O) groups is 2. The van der Waals surface area contributed by atoms with Crippen LogP contribution in [0.5, 0.6) is 0 Å². The molecule has 4 heterocycles. The number of likely N-dealkylation sites (tertiary alicyclic amines) is 1. The van der Waals surface area contributed by atoms with E-state index < -0.39 is 18.1 Å². The number of fused-ring (bicyclic) bond motifs is 1. The van der Waals surface area contributed by atoms with E-state index in [1.807, 2.05) is 12.1 Å². The van der Waals surface area contributed by atoms with Crippen LogP contribution in [0.15, 0.2) is 55.0 Å². The van der Waals surface area contributed by atoms with Crippen LogP contribution in [0.1, 0.15) is 36.5 Å². The zero-order chi connectivity index (χ0) is 27.2. The van der Waals surface area contributed by atoms with Crippen LogP contribution in [0.2, 0.25) is 0 Å². The summed E-state index contributed by atoms with van der Waals surface area (Å²) in [6, 6.07) is 13.0. The van der Waals surface area contributed by atoms with E-state index in [1.165, 1.54) is 50.7 Å². The van der Waals surface area contributed by atoms with Crippen molar-refractivity contribution in [2.45, 2.75) is 44.4 Å². The van der Waals surface area contributed by atoms with Gasteiger partial charge in [0.25, 0.3) is 0 Å². The number of aromatic carboxylic acids is 1. The van der Waals surface area contributed by atoms with E-state index in [2.05, 4.69) is 33.8 Å². The SMILES string of the molecule is CC1CCCN1C1CCN(c2ccc(N)cc2)C1.O=C(O)C(F)(F)F.O=C(O)c1cccn2ccnc12. The van der Waals surface area contributed by atoms with Crippen molar-refractivity contribution in [3.63, 3.8) is 0 Å². The van der Waals surface area contributed by atoms with Gasteiger partial charge in [-0.2, -0.15) is 13.2 Å². The molecule has 2 saturated heterocycles. The summed E-state index contributed by atoms with van der Waals surface area (Å²) in [7, 11) is 0. The van der Waals surface area contributed by atoms with Crippen LogP contribution < -0.4 is 10.6 Å². The van der Waals surface area contributed by atoms with Crippen LogP contribution in [0.25, 0.3) is 5.65 Å². The molecular weight excluding hydrogens is 491 g/mol. The molecule has 0 radical (unpaired) electrons. The molecule has 2 aliphatic rings. The van der Waals surface area contributed by atoms with Gasteiger partial charge >= 0.3 is 18.1 Å². The molecule has 1 aromatic carbocycles. The Bertz CT molecular complexity index is 1200. The van der Waals surface area contributed by atoms with Gasteiger partial charge in [-0.25, -0.2) is 14.6 Å². The van der Waals surface area contributed by atoms with Crippen molar-refractivity contribution in [1.82, 2.24) is 14.3 Å². The zero-order valence-corrected chi connectivity index (χ0v) is 20.3. The number of benzene rings is 1. The Labute approximate surface area is 211 Å². The zero-order valence-electron chi connectivity index (χ0n) is 20.3. The number of rotatable bonds is 3. The quantitative estimate of drug-likeness (QED) is 0.442. The fourth-order valence-corrected chi connectivity index (χ4v) is 4.55. The molecule has 12 heteroatoms. The Morgan fingerprint density at radius 3 is 2.30 bits per heavy atom. The van der Waals surface area contributed by atoms with E-state index >= 15 is 0 Å². The molecule has 0 saturated carbocycles. The molecule has 2 fully saturated rings. The second-order valence-electron chi connectivity index (χ2n) is 8.90. The number of nitrogens with two attached hydrogens (primary N) is 1. The molecule has 0 bridgehead atoms. The van der Waals surface area contributed by atoms with Gasteiger partial charge in [0.15, 0.2) is 5.65 Å². The first-order valence-electron chi connectivity index (χ1n) is 11.8. The highest BCUT2D eigenvalue weighted by molar-refractivity contribution is 5.94. The highest BCUT2D eigenvalue weighted by atomic mass is 19.4. The van der Waals surface area contributed by atoms with Gasteiger partial charge in [-0.15, -0.1) is 0 Å². The van der Waals surface area contributed by atoms with Crippen molar-refractivity contribution in [3.05, 3.63) is 60.6 Å². The second kappa shape index (κ2) is 12.0. The van der Waals surface area contributed by atoms with Crippen molar-refractivity contribution in [2.75, 3.05) is 30.3 Å². The number of halogens is 3. The summed E-state index contributed by atoms with van der Waals surface area (Å²) in [6.07, 6.45) is 4.00. The maximum Gasteiger partial charge on any atom is 0.490 e. The predicted octanol–water partition coefficient (Wildman–Crippen LogP) is 4.00. The second-order valence-corrected chi connectivity index (χ2v) is 8.90. The van der Waals surface area contributed by atoms with Gasteiger partial charge in [-0.05, 0) is 69.1 Å². The van der Waals surface area contributed by atoms with Crippen LogP contribution in [-0.2, 0) is 4.79 Å². The minimum Gasteiger partial charge on any atom is -0.478 e. The number of nitrogen functional groups attached to an aromatic ring is 1. The number of aliphatic carboxylic acids is 1. The third-order valence-electron chi connectivity index (χ3n) is 6.39. The molecule has 4 N–H and O–H groups in total. The average molecular weight is 522 g/mol. The summed E-state index contributed by atoms with van der Waals surface area (Å²) in [5, 5.41) is 15.9. The number of alkyl halides is 3. The number of nitrogens with zero attached hydrogens (tertiary/aromatic N) is 4. The summed E-state index contributed by atoms with van der Waals surface area (Å²) in [5.41, 5.74) is 8.61. The predicted molar refractivity (Wildman–Crippen MR) is 133 cm³/mol. The van der Waals surface area contributed by atoms with Crippen molar-refractivity contribution in [1.29, 1.82) is 0 Å². The largest absolute Gasteiger partial charge is 0.490 e. The van der Waals surface area contributed by atoms with E-state index in [9.17, 15) is 18.0 Å². The van der Waals surface area contributed by atoms with E-state index in [-0.39, 0.29) is 5.56 Å². The minimum atomic E-state index is -5.08. The van der Waals surface area contributed by atoms with Crippen LogP contribution in [0.3, 0.4) is 0 Å². The lowest BCUT2D eigenvalue weighted by Crippen LogP contribution is -2.39. The number of hydrogen-bond acceptors (Lipinski definition) is 6. The maximum atomic E-state index is 10.7. The summed E-state index contributed by atoms with van der Waals surface area (Å²) in [4.78, 5) is 28.7. The summed E-state index contributed by atoms with van der Waals surface area (Å²) in [5.74, 6) is -3.71. The molecule has 0 amide bonds. The number of hydrogen-bond donors (Lipinski definition) is 3. The fraction of sp³-hybridized carbons (Fsp3) is 0.400.